The molecule has 4 rings (SSSR count). The summed E-state index contributed by atoms with van der Waals surface area (Å²) in [6, 6.07) is 11.1. The van der Waals surface area contributed by atoms with Crippen LogP contribution in [0.3, 0.4) is 0 Å². The molecule has 1 aliphatic heterocycles. The highest BCUT2D eigenvalue weighted by atomic mass is 16.5. The van der Waals surface area contributed by atoms with E-state index in [1.165, 1.54) is 0 Å². The molecular weight excluding hydrogens is 368 g/mol. The first-order valence-corrected chi connectivity index (χ1v) is 9.80. The van der Waals surface area contributed by atoms with E-state index in [4.69, 9.17) is 4.74 Å². The zero-order valence-corrected chi connectivity index (χ0v) is 16.4. The molecule has 2 aromatic heterocycles. The van der Waals surface area contributed by atoms with Gasteiger partial charge in [0, 0.05) is 63.6 Å². The minimum atomic E-state index is -0.128. The fourth-order valence-electron chi connectivity index (χ4n) is 3.52. The number of pyridine rings is 1. The van der Waals surface area contributed by atoms with E-state index in [0.29, 0.717) is 12.1 Å². The number of benzene rings is 1. The molecule has 7 heteroatoms. The standard InChI is InChI=1S/C22H24N4O3/c1-16(27)25-11-8-20(9-12-25)29-19-5-3-18(4-6-19)22(28)24-14-17-2-7-21-23-10-13-26(21)15-17/h2-7,10,13,15,20H,8-9,11-12,14H2,1H3,(H,24,28). The number of nitrogens with one attached hydrogen (secondary N) is 1. The van der Waals surface area contributed by atoms with E-state index in [1.54, 1.807) is 25.3 Å². The van der Waals surface area contributed by atoms with Crippen LogP contribution in [0.2, 0.25) is 0 Å². The number of amides is 2. The number of rotatable bonds is 5. The summed E-state index contributed by atoms with van der Waals surface area (Å²) in [7, 11) is 0. The largest absolute Gasteiger partial charge is 0.490 e. The van der Waals surface area contributed by atoms with Crippen molar-refractivity contribution in [2.24, 2.45) is 0 Å². The van der Waals surface area contributed by atoms with Gasteiger partial charge in [-0.15, -0.1) is 0 Å². The lowest BCUT2D eigenvalue weighted by molar-refractivity contribution is -0.130. The fraction of sp³-hybridized carbons (Fsp3) is 0.318. The maximum Gasteiger partial charge on any atom is 0.251 e. The Morgan fingerprint density at radius 3 is 2.62 bits per heavy atom. The highest BCUT2D eigenvalue weighted by molar-refractivity contribution is 5.94. The Kier molecular flexibility index (Phi) is 5.46. The van der Waals surface area contributed by atoms with Gasteiger partial charge in [-0.2, -0.15) is 0 Å². The number of imidazole rings is 1. The van der Waals surface area contributed by atoms with Crippen LogP contribution < -0.4 is 10.1 Å². The molecule has 2 amide bonds. The van der Waals surface area contributed by atoms with Crippen LogP contribution in [0.1, 0.15) is 35.7 Å². The Labute approximate surface area is 169 Å². The summed E-state index contributed by atoms with van der Waals surface area (Å²) in [6.07, 6.45) is 7.32. The second kappa shape index (κ2) is 8.34. The number of carbonyl (C=O) groups excluding carboxylic acids is 2. The van der Waals surface area contributed by atoms with Gasteiger partial charge in [0.2, 0.25) is 5.91 Å². The molecule has 1 N–H and O–H groups in total. The maximum absolute atomic E-state index is 12.4. The summed E-state index contributed by atoms with van der Waals surface area (Å²) in [6.45, 7) is 3.50. The third kappa shape index (κ3) is 4.56. The van der Waals surface area contributed by atoms with Gasteiger partial charge in [0.1, 0.15) is 17.5 Å². The summed E-state index contributed by atoms with van der Waals surface area (Å²) in [4.78, 5) is 29.9. The molecule has 150 valence electrons. The molecule has 1 saturated heterocycles. The molecule has 0 bridgehead atoms. The van der Waals surface area contributed by atoms with Gasteiger partial charge in [-0.1, -0.05) is 6.07 Å². The van der Waals surface area contributed by atoms with Crippen molar-refractivity contribution in [3.63, 3.8) is 0 Å². The lowest BCUT2D eigenvalue weighted by Crippen LogP contribution is -2.40. The molecule has 1 aliphatic rings. The third-order valence-electron chi connectivity index (χ3n) is 5.21. The van der Waals surface area contributed by atoms with E-state index < -0.39 is 0 Å². The van der Waals surface area contributed by atoms with Crippen molar-refractivity contribution < 1.29 is 14.3 Å². The normalized spacial score (nSPS) is 14.7. The van der Waals surface area contributed by atoms with Gasteiger partial charge >= 0.3 is 0 Å². The predicted octanol–water partition coefficient (Wildman–Crippen LogP) is 2.65. The number of likely N-dealkylation sites (tertiary alicyclic amines) is 1. The van der Waals surface area contributed by atoms with Crippen LogP contribution in [-0.2, 0) is 11.3 Å². The van der Waals surface area contributed by atoms with Crippen LogP contribution in [0.15, 0.2) is 55.0 Å². The molecule has 0 radical (unpaired) electrons. The van der Waals surface area contributed by atoms with Crippen LogP contribution in [-0.4, -0.2) is 45.3 Å². The van der Waals surface area contributed by atoms with Crippen molar-refractivity contribution >= 4 is 17.5 Å². The van der Waals surface area contributed by atoms with Gasteiger partial charge in [-0.05, 0) is 35.9 Å². The van der Waals surface area contributed by atoms with Gasteiger partial charge in [-0.3, -0.25) is 9.59 Å². The molecule has 7 nitrogen and oxygen atoms in total. The predicted molar refractivity (Wildman–Crippen MR) is 109 cm³/mol. The van der Waals surface area contributed by atoms with Crippen molar-refractivity contribution in [1.82, 2.24) is 19.6 Å². The lowest BCUT2D eigenvalue weighted by Gasteiger charge is -2.31. The average molecular weight is 392 g/mol. The summed E-state index contributed by atoms with van der Waals surface area (Å²) >= 11 is 0. The number of piperidine rings is 1. The number of fused-ring (bicyclic) bond motifs is 1. The Morgan fingerprint density at radius 1 is 1.14 bits per heavy atom. The Balaban J connectivity index is 1.29. The van der Waals surface area contributed by atoms with Crippen molar-refractivity contribution in [2.75, 3.05) is 13.1 Å². The molecule has 3 aromatic rings. The van der Waals surface area contributed by atoms with Gasteiger partial charge in [0.25, 0.3) is 5.91 Å². The Hall–Kier alpha value is -3.35. The Morgan fingerprint density at radius 2 is 1.90 bits per heavy atom. The topological polar surface area (TPSA) is 75.9 Å². The molecule has 1 aromatic carbocycles. The van der Waals surface area contributed by atoms with Crippen molar-refractivity contribution in [3.8, 4) is 5.75 Å². The first kappa shape index (κ1) is 19.0. The molecule has 0 spiro atoms. The van der Waals surface area contributed by atoms with Crippen LogP contribution in [0.25, 0.3) is 5.65 Å². The lowest BCUT2D eigenvalue weighted by atomic mass is 10.1. The van der Waals surface area contributed by atoms with Gasteiger partial charge in [0.15, 0.2) is 0 Å². The summed E-state index contributed by atoms with van der Waals surface area (Å²) in [5, 5.41) is 2.94. The van der Waals surface area contributed by atoms with E-state index in [1.807, 2.05) is 46.0 Å². The summed E-state index contributed by atoms with van der Waals surface area (Å²) in [5.74, 6) is 0.731. The number of nitrogens with zero attached hydrogens (tertiary/aromatic N) is 3. The van der Waals surface area contributed by atoms with Crippen molar-refractivity contribution in [1.29, 1.82) is 0 Å². The van der Waals surface area contributed by atoms with Crippen LogP contribution in [0.4, 0.5) is 0 Å². The molecule has 0 unspecified atom stereocenters. The molecule has 0 atom stereocenters. The van der Waals surface area contributed by atoms with E-state index in [9.17, 15) is 9.59 Å². The second-order valence-corrected chi connectivity index (χ2v) is 7.26. The van der Waals surface area contributed by atoms with E-state index in [0.717, 1.165) is 42.9 Å². The smallest absolute Gasteiger partial charge is 0.251 e. The third-order valence-corrected chi connectivity index (χ3v) is 5.21. The summed E-state index contributed by atoms with van der Waals surface area (Å²) < 4.78 is 7.93. The van der Waals surface area contributed by atoms with Gasteiger partial charge < -0.3 is 19.4 Å². The molecule has 29 heavy (non-hydrogen) atoms. The van der Waals surface area contributed by atoms with Crippen molar-refractivity contribution in [2.45, 2.75) is 32.4 Å². The monoisotopic (exact) mass is 392 g/mol. The highest BCUT2D eigenvalue weighted by Crippen LogP contribution is 2.20. The number of carbonyl (C=O) groups is 2. The SMILES string of the molecule is CC(=O)N1CCC(Oc2ccc(C(=O)NCc3ccc4nccn4c3)cc2)CC1. The fourth-order valence-corrected chi connectivity index (χ4v) is 3.52. The quantitative estimate of drug-likeness (QED) is 0.724. The zero-order valence-electron chi connectivity index (χ0n) is 16.4. The number of ether oxygens (including phenoxy) is 1. The molecule has 3 heterocycles. The van der Waals surface area contributed by atoms with E-state index in [2.05, 4.69) is 10.3 Å². The molecule has 0 aliphatic carbocycles. The second-order valence-electron chi connectivity index (χ2n) is 7.26. The Bertz CT molecular complexity index is 1000. The minimum absolute atomic E-state index is 0.100. The van der Waals surface area contributed by atoms with Gasteiger partial charge in [-0.25, -0.2) is 4.98 Å². The van der Waals surface area contributed by atoms with Crippen LogP contribution >= 0.6 is 0 Å². The number of hydrogen-bond donors (Lipinski definition) is 1. The maximum atomic E-state index is 12.4. The average Bonchev–Trinajstić information content (AvgIpc) is 3.21. The highest BCUT2D eigenvalue weighted by Gasteiger charge is 2.21. The number of hydrogen-bond acceptors (Lipinski definition) is 4. The first-order chi connectivity index (χ1) is 14.1. The van der Waals surface area contributed by atoms with E-state index in [-0.39, 0.29) is 17.9 Å². The summed E-state index contributed by atoms with van der Waals surface area (Å²) in [5.41, 5.74) is 2.47. The molecular formula is C22H24N4O3. The number of aromatic nitrogens is 2. The van der Waals surface area contributed by atoms with Crippen LogP contribution in [0.5, 0.6) is 5.75 Å². The van der Waals surface area contributed by atoms with Crippen LogP contribution in [0, 0.1) is 0 Å². The minimum Gasteiger partial charge on any atom is -0.490 e. The first-order valence-electron chi connectivity index (χ1n) is 9.80. The molecule has 0 saturated carbocycles. The van der Waals surface area contributed by atoms with Gasteiger partial charge in [0.05, 0.1) is 0 Å². The zero-order chi connectivity index (χ0) is 20.2. The van der Waals surface area contributed by atoms with E-state index >= 15 is 0 Å². The molecule has 1 fully saturated rings. The van der Waals surface area contributed by atoms with Crippen molar-refractivity contribution in [3.05, 3.63) is 66.1 Å².